The number of rotatable bonds is 6. The zero-order valence-corrected chi connectivity index (χ0v) is 9.91. The third-order valence-electron chi connectivity index (χ3n) is 1.97. The van der Waals surface area contributed by atoms with Crippen LogP contribution in [0.3, 0.4) is 0 Å². The van der Waals surface area contributed by atoms with Gasteiger partial charge in [0.25, 0.3) is 0 Å². The topological polar surface area (TPSA) is 34.1 Å². The van der Waals surface area contributed by atoms with Crippen LogP contribution in [0.15, 0.2) is 0 Å². The van der Waals surface area contributed by atoms with Gasteiger partial charge >= 0.3 is 0 Å². The molecule has 1 heterocycles. The first-order chi connectivity index (χ1) is 6.74. The van der Waals surface area contributed by atoms with Gasteiger partial charge in [-0.2, -0.15) is 0 Å². The van der Waals surface area contributed by atoms with Crippen LogP contribution in [0.2, 0.25) is 0 Å². The van der Waals surface area contributed by atoms with Crippen molar-refractivity contribution in [2.75, 3.05) is 25.1 Å². The minimum absolute atomic E-state index is 0.801. The van der Waals surface area contributed by atoms with Crippen LogP contribution >= 0.6 is 11.3 Å². The number of anilines is 1. The van der Waals surface area contributed by atoms with Crippen molar-refractivity contribution >= 4 is 16.5 Å². The third kappa shape index (κ3) is 3.64. The zero-order chi connectivity index (χ0) is 10.4. The van der Waals surface area contributed by atoms with E-state index in [0.29, 0.717) is 0 Å². The van der Waals surface area contributed by atoms with Crippen molar-refractivity contribution in [1.29, 1.82) is 0 Å². The summed E-state index contributed by atoms with van der Waals surface area (Å²) in [5.74, 6) is 0. The lowest BCUT2D eigenvalue weighted by Crippen LogP contribution is -2.05. The van der Waals surface area contributed by atoms with Crippen LogP contribution in [0.1, 0.15) is 23.9 Å². The van der Waals surface area contributed by atoms with Crippen LogP contribution in [-0.4, -0.2) is 24.7 Å². The predicted octanol–water partition coefficient (Wildman–Crippen LogP) is 2.60. The first-order valence-corrected chi connectivity index (χ1v) is 5.81. The lowest BCUT2D eigenvalue weighted by Gasteiger charge is -2.02. The lowest BCUT2D eigenvalue weighted by atomic mass is 10.4. The molecule has 0 saturated heterocycles. The minimum Gasteiger partial charge on any atom is -0.382 e. The second-order valence-electron chi connectivity index (χ2n) is 3.14. The van der Waals surface area contributed by atoms with Gasteiger partial charge in [-0.05, 0) is 27.2 Å². The quantitative estimate of drug-likeness (QED) is 0.739. The van der Waals surface area contributed by atoms with Crippen molar-refractivity contribution in [2.45, 2.75) is 27.2 Å². The average molecular weight is 214 g/mol. The van der Waals surface area contributed by atoms with Crippen LogP contribution in [-0.2, 0) is 4.74 Å². The maximum absolute atomic E-state index is 5.24. The summed E-state index contributed by atoms with van der Waals surface area (Å²) in [7, 11) is 0. The Balaban J connectivity index is 2.18. The Morgan fingerprint density at radius 3 is 2.79 bits per heavy atom. The maximum Gasteiger partial charge on any atom is 0.183 e. The number of aromatic nitrogens is 1. The largest absolute Gasteiger partial charge is 0.382 e. The summed E-state index contributed by atoms with van der Waals surface area (Å²) >= 11 is 1.72. The Morgan fingerprint density at radius 1 is 1.43 bits per heavy atom. The van der Waals surface area contributed by atoms with Gasteiger partial charge in [0.05, 0.1) is 5.69 Å². The van der Waals surface area contributed by atoms with E-state index < -0.39 is 0 Å². The molecule has 1 N–H and O–H groups in total. The Morgan fingerprint density at radius 2 is 2.21 bits per heavy atom. The van der Waals surface area contributed by atoms with Crippen molar-refractivity contribution in [3.63, 3.8) is 0 Å². The SMILES string of the molecule is CCOCCCNc1nc(C)c(C)s1. The van der Waals surface area contributed by atoms with Crippen molar-refractivity contribution in [1.82, 2.24) is 4.98 Å². The van der Waals surface area contributed by atoms with Crippen molar-refractivity contribution in [2.24, 2.45) is 0 Å². The van der Waals surface area contributed by atoms with E-state index in [1.165, 1.54) is 4.88 Å². The molecule has 80 valence electrons. The molecule has 4 heteroatoms. The molecular weight excluding hydrogens is 196 g/mol. The van der Waals surface area contributed by atoms with Crippen molar-refractivity contribution < 1.29 is 4.74 Å². The third-order valence-corrected chi connectivity index (χ3v) is 3.00. The number of hydrogen-bond acceptors (Lipinski definition) is 4. The van der Waals surface area contributed by atoms with Gasteiger partial charge in [0.1, 0.15) is 0 Å². The van der Waals surface area contributed by atoms with E-state index in [1.54, 1.807) is 11.3 Å². The fourth-order valence-corrected chi connectivity index (χ4v) is 1.90. The molecule has 0 saturated carbocycles. The van der Waals surface area contributed by atoms with E-state index in [2.05, 4.69) is 17.2 Å². The molecular formula is C10H18N2OS. The zero-order valence-electron chi connectivity index (χ0n) is 9.09. The van der Waals surface area contributed by atoms with Gasteiger partial charge in [0.2, 0.25) is 0 Å². The van der Waals surface area contributed by atoms with Gasteiger partial charge in [-0.3, -0.25) is 0 Å². The molecule has 0 amide bonds. The summed E-state index contributed by atoms with van der Waals surface area (Å²) < 4.78 is 5.24. The summed E-state index contributed by atoms with van der Waals surface area (Å²) in [6.07, 6.45) is 1.03. The number of ether oxygens (including phenoxy) is 1. The monoisotopic (exact) mass is 214 g/mol. The normalized spacial score (nSPS) is 10.5. The molecule has 0 aromatic carbocycles. The molecule has 1 rings (SSSR count). The highest BCUT2D eigenvalue weighted by molar-refractivity contribution is 7.15. The Hall–Kier alpha value is -0.610. The second kappa shape index (κ2) is 5.98. The smallest absolute Gasteiger partial charge is 0.183 e. The van der Waals surface area contributed by atoms with E-state index in [1.807, 2.05) is 13.8 Å². The Labute approximate surface area is 89.5 Å². The van der Waals surface area contributed by atoms with Crippen molar-refractivity contribution in [3.8, 4) is 0 Å². The first kappa shape index (κ1) is 11.5. The average Bonchev–Trinajstić information content (AvgIpc) is 2.46. The van der Waals surface area contributed by atoms with E-state index in [4.69, 9.17) is 4.74 Å². The van der Waals surface area contributed by atoms with E-state index >= 15 is 0 Å². The summed E-state index contributed by atoms with van der Waals surface area (Å²) in [4.78, 5) is 5.68. The molecule has 0 aliphatic heterocycles. The van der Waals surface area contributed by atoms with Crippen LogP contribution in [0.5, 0.6) is 0 Å². The van der Waals surface area contributed by atoms with Gasteiger partial charge in [-0.1, -0.05) is 0 Å². The minimum atomic E-state index is 0.801. The van der Waals surface area contributed by atoms with Crippen LogP contribution in [0, 0.1) is 13.8 Å². The van der Waals surface area contributed by atoms with Crippen LogP contribution < -0.4 is 5.32 Å². The number of nitrogens with zero attached hydrogens (tertiary/aromatic N) is 1. The Kier molecular flexibility index (Phi) is 4.90. The number of thiazole rings is 1. The second-order valence-corrected chi connectivity index (χ2v) is 4.34. The molecule has 1 aromatic rings. The van der Waals surface area contributed by atoms with E-state index in [-0.39, 0.29) is 0 Å². The van der Waals surface area contributed by atoms with Gasteiger partial charge in [0, 0.05) is 24.6 Å². The molecule has 1 aromatic heterocycles. The fourth-order valence-electron chi connectivity index (χ4n) is 1.06. The number of hydrogen-bond donors (Lipinski definition) is 1. The molecule has 0 bridgehead atoms. The molecule has 0 aliphatic rings. The molecule has 0 unspecified atom stereocenters. The molecule has 0 aliphatic carbocycles. The highest BCUT2D eigenvalue weighted by Gasteiger charge is 2.01. The van der Waals surface area contributed by atoms with Gasteiger partial charge in [-0.25, -0.2) is 4.98 Å². The van der Waals surface area contributed by atoms with Crippen molar-refractivity contribution in [3.05, 3.63) is 10.6 Å². The standard InChI is InChI=1S/C10H18N2OS/c1-4-13-7-5-6-11-10-12-8(2)9(3)14-10/h4-7H2,1-3H3,(H,11,12). The predicted molar refractivity (Wildman–Crippen MR) is 61.2 cm³/mol. The van der Waals surface area contributed by atoms with Gasteiger partial charge in [0.15, 0.2) is 5.13 Å². The summed E-state index contributed by atoms with van der Waals surface area (Å²) in [5.41, 5.74) is 1.13. The lowest BCUT2D eigenvalue weighted by molar-refractivity contribution is 0.147. The highest BCUT2D eigenvalue weighted by Crippen LogP contribution is 2.20. The molecule has 0 fully saturated rings. The summed E-state index contributed by atoms with van der Waals surface area (Å²) in [6, 6.07) is 0. The first-order valence-electron chi connectivity index (χ1n) is 4.99. The molecule has 14 heavy (non-hydrogen) atoms. The van der Waals surface area contributed by atoms with E-state index in [9.17, 15) is 0 Å². The van der Waals surface area contributed by atoms with E-state index in [0.717, 1.165) is 37.0 Å². The number of aryl methyl sites for hydroxylation is 2. The van der Waals surface area contributed by atoms with Crippen LogP contribution in [0.25, 0.3) is 0 Å². The maximum atomic E-state index is 5.24. The fraction of sp³-hybridized carbons (Fsp3) is 0.700. The number of nitrogens with one attached hydrogen (secondary N) is 1. The molecule has 0 radical (unpaired) electrons. The molecule has 3 nitrogen and oxygen atoms in total. The summed E-state index contributed by atoms with van der Waals surface area (Å²) in [6.45, 7) is 8.71. The molecule has 0 atom stereocenters. The summed E-state index contributed by atoms with van der Waals surface area (Å²) in [5, 5.41) is 4.32. The van der Waals surface area contributed by atoms with Gasteiger partial charge < -0.3 is 10.1 Å². The molecule has 0 spiro atoms. The van der Waals surface area contributed by atoms with Crippen LogP contribution in [0.4, 0.5) is 5.13 Å². The van der Waals surface area contributed by atoms with Gasteiger partial charge in [-0.15, -0.1) is 11.3 Å². The highest BCUT2D eigenvalue weighted by atomic mass is 32.1. The Bertz CT molecular complexity index is 254.